The lowest BCUT2D eigenvalue weighted by Crippen LogP contribution is -2.33. The van der Waals surface area contributed by atoms with Crippen LogP contribution < -0.4 is 9.47 Å². The molecule has 0 saturated carbocycles. The summed E-state index contributed by atoms with van der Waals surface area (Å²) >= 11 is 15.8. The second-order valence-corrected chi connectivity index (χ2v) is 9.12. The predicted octanol–water partition coefficient (Wildman–Crippen LogP) is 7.00. The molecule has 0 amide bonds. The third-order valence-corrected chi connectivity index (χ3v) is 7.19. The van der Waals surface area contributed by atoms with Crippen LogP contribution in [0.15, 0.2) is 58.5 Å². The number of allylic oxidation sites excluding steroid dienone is 2. The smallest absolute Gasteiger partial charge is 0.262 e. The van der Waals surface area contributed by atoms with Crippen molar-refractivity contribution in [2.45, 2.75) is 25.3 Å². The van der Waals surface area contributed by atoms with E-state index in [4.69, 9.17) is 23.2 Å². The molecule has 4 rings (SSSR count). The normalized spacial score (nSPS) is 15.4. The first-order valence-corrected chi connectivity index (χ1v) is 11.2. The van der Waals surface area contributed by atoms with Crippen LogP contribution in [0.2, 0.25) is 10.0 Å². The van der Waals surface area contributed by atoms with Gasteiger partial charge in [0, 0.05) is 33.6 Å². The molecule has 2 aromatic carbocycles. The molecule has 0 radical (unpaired) electrons. The molecule has 0 fully saturated rings. The molecule has 1 aliphatic heterocycles. The summed E-state index contributed by atoms with van der Waals surface area (Å²) in [5, 5.41) is 4.00. The van der Waals surface area contributed by atoms with Crippen LogP contribution >= 0.6 is 46.3 Å². The molecule has 1 aliphatic rings. The molecular formula is C21H19Cl2N2S2+. The average molecular weight is 434 g/mol. The Morgan fingerprint density at radius 3 is 2.63 bits per heavy atom. The summed E-state index contributed by atoms with van der Waals surface area (Å²) in [6, 6.07) is 12.2. The highest BCUT2D eigenvalue weighted by Gasteiger charge is 2.23. The lowest BCUT2D eigenvalue weighted by molar-refractivity contribution is -0.665. The van der Waals surface area contributed by atoms with Crippen molar-refractivity contribution in [1.82, 2.24) is 0 Å². The summed E-state index contributed by atoms with van der Waals surface area (Å²) < 4.78 is 3.53. The zero-order valence-electron chi connectivity index (χ0n) is 15.1. The highest BCUT2D eigenvalue weighted by atomic mass is 35.5. The van der Waals surface area contributed by atoms with Crippen LogP contribution in [-0.2, 0) is 6.54 Å². The molecule has 0 bridgehead atoms. The lowest BCUT2D eigenvalue weighted by Gasteiger charge is -2.17. The third kappa shape index (κ3) is 3.64. The van der Waals surface area contributed by atoms with Crippen molar-refractivity contribution >= 4 is 68.3 Å². The van der Waals surface area contributed by atoms with Crippen molar-refractivity contribution in [2.24, 2.45) is 0 Å². The largest absolute Gasteiger partial charge is 0.335 e. The average Bonchev–Trinajstić information content (AvgIpc) is 3.17. The number of thioether (sulfide) groups is 1. The molecule has 0 unspecified atom stereocenters. The minimum absolute atomic E-state index is 0.780. The Balaban J connectivity index is 1.65. The Bertz CT molecular complexity index is 1070. The maximum absolute atomic E-state index is 6.15. The highest BCUT2D eigenvalue weighted by Crippen LogP contribution is 2.46. The number of fused-ring (bicyclic) bond motifs is 2. The Kier molecular flexibility index (Phi) is 5.51. The molecule has 138 valence electrons. The van der Waals surface area contributed by atoms with Crippen LogP contribution in [0.3, 0.4) is 0 Å². The first kappa shape index (κ1) is 18.9. The molecule has 0 saturated heterocycles. The van der Waals surface area contributed by atoms with Gasteiger partial charge in [-0.05, 0) is 50.3 Å². The van der Waals surface area contributed by atoms with Gasteiger partial charge in [0.25, 0.3) is 5.01 Å². The van der Waals surface area contributed by atoms with Crippen molar-refractivity contribution in [1.29, 1.82) is 0 Å². The van der Waals surface area contributed by atoms with Gasteiger partial charge in [-0.3, -0.25) is 0 Å². The van der Waals surface area contributed by atoms with Gasteiger partial charge in [-0.15, -0.1) is 0 Å². The van der Waals surface area contributed by atoms with Crippen molar-refractivity contribution in [2.75, 3.05) is 11.4 Å². The summed E-state index contributed by atoms with van der Waals surface area (Å²) in [6.07, 6.45) is 6.50. The van der Waals surface area contributed by atoms with Gasteiger partial charge < -0.3 is 4.90 Å². The summed E-state index contributed by atoms with van der Waals surface area (Å²) in [5.41, 5.74) is 2.46. The third-order valence-electron chi connectivity index (χ3n) is 4.50. The molecule has 2 nitrogen and oxygen atoms in total. The van der Waals surface area contributed by atoms with Crippen molar-refractivity contribution in [3.05, 3.63) is 68.6 Å². The maximum atomic E-state index is 6.15. The number of benzene rings is 2. The quantitative estimate of drug-likeness (QED) is 0.408. The molecule has 27 heavy (non-hydrogen) atoms. The van der Waals surface area contributed by atoms with Gasteiger partial charge in [0.15, 0.2) is 0 Å². The number of rotatable bonds is 4. The number of aromatic nitrogens is 1. The van der Waals surface area contributed by atoms with Crippen LogP contribution in [0.1, 0.15) is 18.9 Å². The number of hydrogen-bond donors (Lipinski definition) is 0. The van der Waals surface area contributed by atoms with Crippen LogP contribution in [-0.4, -0.2) is 6.54 Å². The lowest BCUT2D eigenvalue weighted by atomic mass is 10.3. The molecule has 1 aromatic heterocycles. The van der Waals surface area contributed by atoms with Crippen LogP contribution in [0.5, 0.6) is 0 Å². The molecule has 6 heteroatoms. The van der Waals surface area contributed by atoms with E-state index in [-0.39, 0.29) is 0 Å². The van der Waals surface area contributed by atoms with E-state index in [1.165, 1.54) is 30.8 Å². The van der Waals surface area contributed by atoms with E-state index < -0.39 is 0 Å². The minimum atomic E-state index is 0.780. The number of anilines is 1. The fraction of sp³-hybridized carbons (Fsp3) is 0.190. The van der Waals surface area contributed by atoms with E-state index in [9.17, 15) is 0 Å². The van der Waals surface area contributed by atoms with Crippen LogP contribution in [0.25, 0.3) is 16.3 Å². The Morgan fingerprint density at radius 2 is 1.85 bits per heavy atom. The van der Waals surface area contributed by atoms with E-state index >= 15 is 0 Å². The molecule has 3 aromatic rings. The van der Waals surface area contributed by atoms with Crippen LogP contribution in [0, 0.1) is 0 Å². The Hall–Kier alpha value is -1.46. The maximum Gasteiger partial charge on any atom is 0.262 e. The zero-order chi connectivity index (χ0) is 19.0. The number of halogens is 2. The molecule has 0 atom stereocenters. The van der Waals surface area contributed by atoms with Crippen molar-refractivity contribution in [3.8, 4) is 0 Å². The van der Waals surface area contributed by atoms with Gasteiger partial charge in [0.1, 0.15) is 11.2 Å². The first-order valence-electron chi connectivity index (χ1n) is 8.86. The van der Waals surface area contributed by atoms with Gasteiger partial charge in [-0.1, -0.05) is 52.4 Å². The second kappa shape index (κ2) is 7.88. The monoisotopic (exact) mass is 433 g/mol. The molecular weight excluding hydrogens is 415 g/mol. The number of nitrogens with zero attached hydrogens (tertiary/aromatic N) is 2. The van der Waals surface area contributed by atoms with E-state index in [1.807, 2.05) is 24.3 Å². The van der Waals surface area contributed by atoms with Gasteiger partial charge in [-0.25, -0.2) is 0 Å². The van der Waals surface area contributed by atoms with Gasteiger partial charge in [-0.2, -0.15) is 4.57 Å². The SMILES string of the molecule is CCN1C(=CC=Cc2sc3cc(Cl)ccc3[n+]2CC)Sc2cc(Cl)ccc21. The summed E-state index contributed by atoms with van der Waals surface area (Å²) in [7, 11) is 0. The van der Waals surface area contributed by atoms with E-state index in [0.717, 1.165) is 23.1 Å². The summed E-state index contributed by atoms with van der Waals surface area (Å²) in [4.78, 5) is 3.53. The molecule has 2 heterocycles. The first-order chi connectivity index (χ1) is 13.1. The van der Waals surface area contributed by atoms with Gasteiger partial charge in [0.2, 0.25) is 5.52 Å². The number of thiazole rings is 1. The standard InChI is InChI=1S/C21H19Cl2N2S2/c1-3-24-16-10-8-14(22)12-18(16)26-20(24)6-5-7-21-25(4-2)17-11-9-15(23)13-19(17)27-21/h5-13H,3-4H2,1-2H3/q+1. The summed E-state index contributed by atoms with van der Waals surface area (Å²) in [6.45, 7) is 6.19. The molecule has 0 spiro atoms. The number of aryl methyl sites for hydroxylation is 1. The van der Waals surface area contributed by atoms with E-state index in [1.54, 1.807) is 23.1 Å². The minimum Gasteiger partial charge on any atom is -0.335 e. The van der Waals surface area contributed by atoms with E-state index in [0.29, 0.717) is 0 Å². The predicted molar refractivity (Wildman–Crippen MR) is 120 cm³/mol. The second-order valence-electron chi connectivity index (χ2n) is 6.12. The fourth-order valence-electron chi connectivity index (χ4n) is 3.27. The van der Waals surface area contributed by atoms with Gasteiger partial charge >= 0.3 is 0 Å². The zero-order valence-corrected chi connectivity index (χ0v) is 18.2. The Morgan fingerprint density at radius 1 is 1.07 bits per heavy atom. The van der Waals surface area contributed by atoms with E-state index in [2.05, 4.69) is 53.7 Å². The molecule has 0 aliphatic carbocycles. The highest BCUT2D eigenvalue weighted by molar-refractivity contribution is 8.03. The summed E-state index contributed by atoms with van der Waals surface area (Å²) in [5.74, 6) is 0. The van der Waals surface area contributed by atoms with Crippen LogP contribution in [0.4, 0.5) is 5.69 Å². The van der Waals surface area contributed by atoms with Gasteiger partial charge in [0.05, 0.1) is 10.7 Å². The number of hydrogen-bond acceptors (Lipinski definition) is 3. The molecule has 0 N–H and O–H groups in total. The Labute approximate surface area is 177 Å². The van der Waals surface area contributed by atoms with Crippen molar-refractivity contribution < 1.29 is 4.57 Å². The van der Waals surface area contributed by atoms with Crippen molar-refractivity contribution in [3.63, 3.8) is 0 Å². The topological polar surface area (TPSA) is 7.12 Å². The fourth-order valence-corrected chi connectivity index (χ4v) is 6.10.